The maximum absolute atomic E-state index is 13.1. The number of nitrogens with one attached hydrogen (secondary N) is 1. The molecule has 0 radical (unpaired) electrons. The van der Waals surface area contributed by atoms with Gasteiger partial charge in [-0.3, -0.25) is 14.2 Å². The number of benzene rings is 1. The molecule has 1 aromatic carbocycles. The monoisotopic (exact) mass is 505 g/mol. The summed E-state index contributed by atoms with van der Waals surface area (Å²) in [6.07, 6.45) is -1.57. The summed E-state index contributed by atoms with van der Waals surface area (Å²) in [5, 5.41) is 11.5. The lowest BCUT2D eigenvalue weighted by molar-refractivity contribution is -0.141. The van der Waals surface area contributed by atoms with Gasteiger partial charge in [-0.05, 0) is 38.0 Å². The van der Waals surface area contributed by atoms with Crippen LogP contribution in [0.4, 0.5) is 19.0 Å². The quantitative estimate of drug-likeness (QED) is 0.434. The SMILES string of the molecule is CC(C(=O)Nc1nn(Cc2c(Cl)cccc2Cl)cc1Cl)n1nc(C(F)(F)F)cc1C1CC1. The highest BCUT2D eigenvalue weighted by atomic mass is 35.5. The first-order chi connectivity index (χ1) is 15.0. The standard InChI is InChI=1S/C20H17Cl3F3N5O/c1-10(31-16(11-5-6-11)7-17(28-31)20(24,25)26)19(32)27-18-15(23)9-30(29-18)8-12-13(21)3-2-4-14(12)22/h2-4,7,9-11H,5-6,8H2,1H3,(H,27,29,32). The van der Waals surface area contributed by atoms with E-state index in [-0.39, 0.29) is 23.3 Å². The fourth-order valence-corrected chi connectivity index (χ4v) is 4.00. The van der Waals surface area contributed by atoms with Crippen molar-refractivity contribution in [2.45, 2.75) is 44.4 Å². The number of rotatable bonds is 6. The third kappa shape index (κ3) is 4.74. The molecule has 1 saturated carbocycles. The van der Waals surface area contributed by atoms with E-state index in [9.17, 15) is 18.0 Å². The zero-order chi connectivity index (χ0) is 23.2. The van der Waals surface area contributed by atoms with Crippen molar-refractivity contribution in [2.75, 3.05) is 5.32 Å². The molecule has 1 amide bonds. The second kappa shape index (κ2) is 8.61. The summed E-state index contributed by atoms with van der Waals surface area (Å²) in [6.45, 7) is 1.69. The highest BCUT2D eigenvalue weighted by molar-refractivity contribution is 6.36. The molecule has 0 bridgehead atoms. The van der Waals surface area contributed by atoms with Crippen molar-refractivity contribution >= 4 is 46.5 Å². The Balaban J connectivity index is 1.53. The Morgan fingerprint density at radius 2 is 1.84 bits per heavy atom. The molecule has 6 nitrogen and oxygen atoms in total. The lowest BCUT2D eigenvalue weighted by atomic mass is 10.2. The molecular weight excluding hydrogens is 490 g/mol. The van der Waals surface area contributed by atoms with E-state index in [1.54, 1.807) is 18.2 Å². The van der Waals surface area contributed by atoms with Crippen molar-refractivity contribution in [1.29, 1.82) is 0 Å². The van der Waals surface area contributed by atoms with E-state index in [1.165, 1.54) is 17.8 Å². The van der Waals surface area contributed by atoms with Gasteiger partial charge in [0.1, 0.15) is 11.1 Å². The molecule has 1 aliphatic carbocycles. The maximum atomic E-state index is 13.1. The number of carbonyl (C=O) groups is 1. The van der Waals surface area contributed by atoms with Crippen molar-refractivity contribution in [3.8, 4) is 0 Å². The number of hydrogen-bond acceptors (Lipinski definition) is 3. The second-order valence-electron chi connectivity index (χ2n) is 7.56. The number of halogens is 6. The minimum atomic E-state index is -4.59. The predicted molar refractivity (Wildman–Crippen MR) is 115 cm³/mol. The molecule has 12 heteroatoms. The fourth-order valence-electron chi connectivity index (χ4n) is 3.28. The average Bonchev–Trinajstić information content (AvgIpc) is 3.35. The maximum Gasteiger partial charge on any atom is 0.435 e. The van der Waals surface area contributed by atoms with Gasteiger partial charge in [0.15, 0.2) is 11.5 Å². The molecule has 4 rings (SSSR count). The first-order valence-corrected chi connectivity index (χ1v) is 10.8. The van der Waals surface area contributed by atoms with Gasteiger partial charge in [0.25, 0.3) is 0 Å². The van der Waals surface area contributed by atoms with Gasteiger partial charge in [0.05, 0.1) is 6.54 Å². The number of carbonyl (C=O) groups excluding carboxylic acids is 1. The summed E-state index contributed by atoms with van der Waals surface area (Å²) in [5.74, 6) is -0.550. The first kappa shape index (κ1) is 22.9. The minimum absolute atomic E-state index is 0.0305. The van der Waals surface area contributed by atoms with Crippen LogP contribution in [0.1, 0.15) is 48.7 Å². The Bertz CT molecular complexity index is 1150. The van der Waals surface area contributed by atoms with Gasteiger partial charge in [-0.2, -0.15) is 23.4 Å². The molecule has 2 heterocycles. The third-order valence-corrected chi connectivity index (χ3v) is 6.12. The highest BCUT2D eigenvalue weighted by Gasteiger charge is 2.39. The molecule has 3 aromatic rings. The zero-order valence-corrected chi connectivity index (χ0v) is 18.9. The van der Waals surface area contributed by atoms with Gasteiger partial charge in [-0.15, -0.1) is 0 Å². The van der Waals surface area contributed by atoms with Crippen LogP contribution in [0.3, 0.4) is 0 Å². The van der Waals surface area contributed by atoms with E-state index >= 15 is 0 Å². The van der Waals surface area contributed by atoms with Crippen molar-refractivity contribution in [3.05, 3.63) is 62.5 Å². The van der Waals surface area contributed by atoms with Gasteiger partial charge in [-0.1, -0.05) is 40.9 Å². The number of aromatic nitrogens is 4. The number of nitrogens with zero attached hydrogens (tertiary/aromatic N) is 4. The van der Waals surface area contributed by atoms with E-state index in [0.29, 0.717) is 21.3 Å². The zero-order valence-electron chi connectivity index (χ0n) is 16.6. The fraction of sp³-hybridized carbons (Fsp3) is 0.350. The lowest BCUT2D eigenvalue weighted by Crippen LogP contribution is -2.26. The van der Waals surface area contributed by atoms with Crippen molar-refractivity contribution in [3.63, 3.8) is 0 Å². The van der Waals surface area contributed by atoms with Crippen molar-refractivity contribution in [1.82, 2.24) is 19.6 Å². The topological polar surface area (TPSA) is 64.7 Å². The van der Waals surface area contributed by atoms with Gasteiger partial charge in [0.2, 0.25) is 5.91 Å². The Morgan fingerprint density at radius 3 is 2.44 bits per heavy atom. The van der Waals surface area contributed by atoms with Gasteiger partial charge < -0.3 is 5.32 Å². The van der Waals surface area contributed by atoms with Gasteiger partial charge >= 0.3 is 6.18 Å². The van der Waals surface area contributed by atoms with E-state index in [1.807, 2.05) is 0 Å². The normalized spacial score (nSPS) is 15.1. The lowest BCUT2D eigenvalue weighted by Gasteiger charge is -2.15. The van der Waals surface area contributed by atoms with Crippen molar-refractivity contribution < 1.29 is 18.0 Å². The third-order valence-electron chi connectivity index (χ3n) is 5.14. The summed E-state index contributed by atoms with van der Waals surface area (Å²) < 4.78 is 42.0. The summed E-state index contributed by atoms with van der Waals surface area (Å²) >= 11 is 18.6. The van der Waals surface area contributed by atoms with Crippen LogP contribution in [0, 0.1) is 0 Å². The Hall–Kier alpha value is -2.23. The Kier molecular flexibility index (Phi) is 6.17. The summed E-state index contributed by atoms with van der Waals surface area (Å²) in [5.41, 5.74) is 0.00878. The molecular formula is C20H17Cl3F3N5O. The van der Waals surface area contributed by atoms with Crippen LogP contribution >= 0.6 is 34.8 Å². The van der Waals surface area contributed by atoms with Gasteiger partial charge in [-0.25, -0.2) is 0 Å². The molecule has 1 fully saturated rings. The number of anilines is 1. The summed E-state index contributed by atoms with van der Waals surface area (Å²) in [4.78, 5) is 12.8. The molecule has 32 heavy (non-hydrogen) atoms. The van der Waals surface area contributed by atoms with Crippen LogP contribution in [0.5, 0.6) is 0 Å². The summed E-state index contributed by atoms with van der Waals surface area (Å²) in [6, 6.07) is 5.11. The van der Waals surface area contributed by atoms with Crippen LogP contribution in [0.2, 0.25) is 15.1 Å². The second-order valence-corrected chi connectivity index (χ2v) is 8.78. The van der Waals surface area contributed by atoms with E-state index in [2.05, 4.69) is 15.5 Å². The molecule has 1 N–H and O–H groups in total. The number of amides is 1. The highest BCUT2D eigenvalue weighted by Crippen LogP contribution is 2.43. The van der Waals surface area contributed by atoms with Crippen LogP contribution in [0.15, 0.2) is 30.5 Å². The van der Waals surface area contributed by atoms with E-state index in [0.717, 1.165) is 23.6 Å². The molecule has 1 unspecified atom stereocenters. The molecule has 170 valence electrons. The number of alkyl halides is 3. The van der Waals surface area contributed by atoms with Gasteiger partial charge in [0, 0.05) is 33.4 Å². The smallest absolute Gasteiger partial charge is 0.306 e. The average molecular weight is 507 g/mol. The molecule has 0 aliphatic heterocycles. The van der Waals surface area contributed by atoms with E-state index in [4.69, 9.17) is 34.8 Å². The molecule has 2 aromatic heterocycles. The van der Waals surface area contributed by atoms with Crippen LogP contribution < -0.4 is 5.32 Å². The predicted octanol–water partition coefficient (Wildman–Crippen LogP) is 6.18. The molecule has 1 atom stereocenters. The molecule has 1 aliphatic rings. The molecule has 0 spiro atoms. The first-order valence-electron chi connectivity index (χ1n) is 9.68. The Labute approximate surface area is 196 Å². The molecule has 0 saturated heterocycles. The van der Waals surface area contributed by atoms with Crippen LogP contribution in [-0.4, -0.2) is 25.5 Å². The largest absolute Gasteiger partial charge is 0.435 e. The van der Waals surface area contributed by atoms with Crippen molar-refractivity contribution in [2.24, 2.45) is 0 Å². The van der Waals surface area contributed by atoms with Crippen LogP contribution in [0.25, 0.3) is 0 Å². The summed E-state index contributed by atoms with van der Waals surface area (Å²) in [7, 11) is 0. The Morgan fingerprint density at radius 1 is 1.19 bits per heavy atom. The van der Waals surface area contributed by atoms with E-state index < -0.39 is 23.8 Å². The minimum Gasteiger partial charge on any atom is -0.306 e. The van der Waals surface area contributed by atoms with Crippen LogP contribution in [-0.2, 0) is 17.5 Å². The number of hydrogen-bond donors (Lipinski definition) is 1.